The fourth-order valence-corrected chi connectivity index (χ4v) is 6.33. The molecule has 2 aromatic carbocycles. The minimum Gasteiger partial charge on any atom is -0.504 e. The lowest BCUT2D eigenvalue weighted by atomic mass is 9.90. The summed E-state index contributed by atoms with van der Waals surface area (Å²) in [6.07, 6.45) is 0.186. The van der Waals surface area contributed by atoms with E-state index in [0.29, 0.717) is 11.4 Å². The number of methoxy groups -OCH3 is 1. The number of phenols is 1. The monoisotopic (exact) mass is 429 g/mol. The molecule has 2 N–H and O–H groups in total. The van der Waals surface area contributed by atoms with E-state index in [2.05, 4.69) is 5.32 Å². The van der Waals surface area contributed by atoms with Crippen LogP contribution >= 0.6 is 11.3 Å². The number of aryl methyl sites for hydroxylation is 1. The molecule has 6 nitrogen and oxygen atoms in total. The fourth-order valence-electron chi connectivity index (χ4n) is 3.43. The lowest BCUT2D eigenvalue weighted by molar-refractivity contribution is -0.116. The van der Waals surface area contributed by atoms with Crippen LogP contribution in [0.3, 0.4) is 0 Å². The summed E-state index contributed by atoms with van der Waals surface area (Å²) in [6.45, 7) is 1.89. The molecule has 4 rings (SSSR count). The standard InChI is InChI=1S/C21H19NO5S2/c1-12-3-6-14(7-4-12)29(25,26)18-11-28-21-15(10-19(24)22-20(18)21)13-5-8-16(23)17(9-13)27-2/h3-9,11,15,23H,10H2,1-2H3,(H,22,24)/t15-/m0/s1. The number of benzene rings is 2. The third-order valence-corrected chi connectivity index (χ3v) is 8.02. The topological polar surface area (TPSA) is 92.7 Å². The highest BCUT2D eigenvalue weighted by Crippen LogP contribution is 2.46. The summed E-state index contributed by atoms with van der Waals surface area (Å²) < 4.78 is 31.5. The summed E-state index contributed by atoms with van der Waals surface area (Å²) in [5.41, 5.74) is 2.08. The second kappa shape index (κ2) is 7.20. The molecule has 0 unspecified atom stereocenters. The number of ether oxygens (including phenoxy) is 1. The first-order chi connectivity index (χ1) is 13.8. The molecule has 0 saturated carbocycles. The van der Waals surface area contributed by atoms with Crippen molar-refractivity contribution in [2.24, 2.45) is 0 Å². The molecule has 1 aliphatic rings. The smallest absolute Gasteiger partial charge is 0.225 e. The number of nitrogens with one attached hydrogen (secondary N) is 1. The Kier molecular flexibility index (Phi) is 4.84. The Balaban J connectivity index is 1.82. The number of hydrogen-bond donors (Lipinski definition) is 2. The molecule has 0 bridgehead atoms. The summed E-state index contributed by atoms with van der Waals surface area (Å²) >= 11 is 1.30. The Bertz CT molecular complexity index is 1200. The third kappa shape index (κ3) is 3.38. The van der Waals surface area contributed by atoms with Crippen LogP contribution in [0.1, 0.15) is 28.3 Å². The second-order valence-corrected chi connectivity index (χ2v) is 9.72. The first-order valence-electron chi connectivity index (χ1n) is 8.91. The molecule has 1 atom stereocenters. The first-order valence-corrected chi connectivity index (χ1v) is 11.3. The van der Waals surface area contributed by atoms with Crippen molar-refractivity contribution in [3.63, 3.8) is 0 Å². The number of carbonyl (C=O) groups excluding carboxylic acids is 1. The molecular weight excluding hydrogens is 410 g/mol. The van der Waals surface area contributed by atoms with Gasteiger partial charge in [-0.25, -0.2) is 8.42 Å². The third-order valence-electron chi connectivity index (χ3n) is 4.98. The van der Waals surface area contributed by atoms with Gasteiger partial charge in [-0.05, 0) is 36.8 Å². The van der Waals surface area contributed by atoms with Crippen molar-refractivity contribution < 1.29 is 23.1 Å². The van der Waals surface area contributed by atoms with Gasteiger partial charge in [0.2, 0.25) is 15.7 Å². The molecular formula is C21H19NO5S2. The highest BCUT2D eigenvalue weighted by Gasteiger charge is 2.34. The summed E-state index contributed by atoms with van der Waals surface area (Å²) in [5.74, 6) is -0.266. The summed E-state index contributed by atoms with van der Waals surface area (Å²) in [6, 6.07) is 11.5. The number of anilines is 1. The number of amides is 1. The van der Waals surface area contributed by atoms with E-state index in [-0.39, 0.29) is 33.8 Å². The van der Waals surface area contributed by atoms with E-state index in [1.807, 2.05) is 6.92 Å². The molecule has 2 heterocycles. The summed E-state index contributed by atoms with van der Waals surface area (Å²) in [7, 11) is -2.32. The van der Waals surface area contributed by atoms with Gasteiger partial charge in [0.05, 0.1) is 17.7 Å². The molecule has 1 aliphatic heterocycles. The van der Waals surface area contributed by atoms with E-state index in [1.54, 1.807) is 41.8 Å². The van der Waals surface area contributed by atoms with Crippen molar-refractivity contribution in [3.05, 3.63) is 63.8 Å². The quantitative estimate of drug-likeness (QED) is 0.652. The number of hydrogen-bond acceptors (Lipinski definition) is 6. The van der Waals surface area contributed by atoms with Crippen LogP contribution < -0.4 is 10.1 Å². The fraction of sp³-hybridized carbons (Fsp3) is 0.190. The molecule has 29 heavy (non-hydrogen) atoms. The summed E-state index contributed by atoms with van der Waals surface area (Å²) in [5, 5.41) is 14.2. The zero-order valence-electron chi connectivity index (χ0n) is 15.8. The molecule has 3 aromatic rings. The van der Waals surface area contributed by atoms with Gasteiger partial charge in [0, 0.05) is 22.6 Å². The Morgan fingerprint density at radius 3 is 2.59 bits per heavy atom. The number of sulfone groups is 1. The van der Waals surface area contributed by atoms with Gasteiger partial charge in [-0.2, -0.15) is 0 Å². The van der Waals surface area contributed by atoms with Crippen molar-refractivity contribution in [1.29, 1.82) is 0 Å². The maximum Gasteiger partial charge on any atom is 0.225 e. The Morgan fingerprint density at radius 1 is 1.17 bits per heavy atom. The van der Waals surface area contributed by atoms with Gasteiger partial charge in [0.15, 0.2) is 11.5 Å². The van der Waals surface area contributed by atoms with Crippen LogP contribution in [-0.2, 0) is 14.6 Å². The molecule has 0 saturated heterocycles. The van der Waals surface area contributed by atoms with E-state index in [9.17, 15) is 18.3 Å². The summed E-state index contributed by atoms with van der Waals surface area (Å²) in [4.78, 5) is 13.5. The van der Waals surface area contributed by atoms with E-state index in [1.165, 1.54) is 24.5 Å². The maximum atomic E-state index is 13.2. The minimum atomic E-state index is -3.77. The van der Waals surface area contributed by atoms with Gasteiger partial charge in [-0.3, -0.25) is 4.79 Å². The Morgan fingerprint density at radius 2 is 1.90 bits per heavy atom. The van der Waals surface area contributed by atoms with Crippen LogP contribution in [0.25, 0.3) is 0 Å². The van der Waals surface area contributed by atoms with Crippen molar-refractivity contribution in [3.8, 4) is 11.5 Å². The molecule has 0 spiro atoms. The molecule has 1 aromatic heterocycles. The number of carbonyl (C=O) groups is 1. The van der Waals surface area contributed by atoms with Crippen molar-refractivity contribution in [2.75, 3.05) is 12.4 Å². The van der Waals surface area contributed by atoms with Crippen molar-refractivity contribution in [2.45, 2.75) is 29.1 Å². The number of fused-ring (bicyclic) bond motifs is 1. The van der Waals surface area contributed by atoms with Gasteiger partial charge in [-0.15, -0.1) is 11.3 Å². The van der Waals surface area contributed by atoms with Crippen LogP contribution in [0.4, 0.5) is 5.69 Å². The van der Waals surface area contributed by atoms with Gasteiger partial charge in [0.25, 0.3) is 0 Å². The lowest BCUT2D eigenvalue weighted by Crippen LogP contribution is -2.23. The Labute approximate surface area is 172 Å². The minimum absolute atomic E-state index is 0.00514. The van der Waals surface area contributed by atoms with Crippen LogP contribution in [0.5, 0.6) is 11.5 Å². The molecule has 1 amide bonds. The number of aromatic hydroxyl groups is 1. The normalized spacial score (nSPS) is 16.2. The van der Waals surface area contributed by atoms with Crippen molar-refractivity contribution >= 4 is 32.8 Å². The van der Waals surface area contributed by atoms with Gasteiger partial charge in [0.1, 0.15) is 4.90 Å². The SMILES string of the molecule is COc1cc([C@@H]2CC(=O)Nc3c(S(=O)(=O)c4ccc(C)cc4)csc32)ccc1O. The second-order valence-electron chi connectivity index (χ2n) is 6.89. The highest BCUT2D eigenvalue weighted by molar-refractivity contribution is 7.91. The molecule has 0 aliphatic carbocycles. The Hall–Kier alpha value is -2.84. The number of rotatable bonds is 4. The van der Waals surface area contributed by atoms with E-state index >= 15 is 0 Å². The van der Waals surface area contributed by atoms with Gasteiger partial charge < -0.3 is 15.2 Å². The zero-order chi connectivity index (χ0) is 20.8. The maximum absolute atomic E-state index is 13.2. The van der Waals surface area contributed by atoms with Crippen LogP contribution in [-0.4, -0.2) is 26.5 Å². The lowest BCUT2D eigenvalue weighted by Gasteiger charge is -2.24. The molecule has 0 fully saturated rings. The average molecular weight is 430 g/mol. The first kappa shape index (κ1) is 19.5. The van der Waals surface area contributed by atoms with Crippen molar-refractivity contribution in [1.82, 2.24) is 0 Å². The van der Waals surface area contributed by atoms with Crippen LogP contribution in [0, 0.1) is 6.92 Å². The average Bonchev–Trinajstić information content (AvgIpc) is 3.12. The van der Waals surface area contributed by atoms with E-state index < -0.39 is 9.84 Å². The van der Waals surface area contributed by atoms with Crippen LogP contribution in [0.2, 0.25) is 0 Å². The molecule has 8 heteroatoms. The largest absolute Gasteiger partial charge is 0.504 e. The van der Waals surface area contributed by atoms with E-state index in [4.69, 9.17) is 4.74 Å². The predicted octanol–water partition coefficient (Wildman–Crippen LogP) is 4.08. The van der Waals surface area contributed by atoms with E-state index in [0.717, 1.165) is 16.0 Å². The predicted molar refractivity (Wildman–Crippen MR) is 111 cm³/mol. The molecule has 150 valence electrons. The highest BCUT2D eigenvalue weighted by atomic mass is 32.2. The number of phenolic OH excluding ortho intramolecular Hbond substituents is 1. The van der Waals surface area contributed by atoms with Gasteiger partial charge >= 0.3 is 0 Å². The van der Waals surface area contributed by atoms with Crippen LogP contribution in [0.15, 0.2) is 57.6 Å². The number of thiophene rings is 1. The van der Waals surface area contributed by atoms with Gasteiger partial charge in [-0.1, -0.05) is 23.8 Å². The molecule has 0 radical (unpaired) electrons. The zero-order valence-corrected chi connectivity index (χ0v) is 17.4.